The molecule has 31 heavy (non-hydrogen) atoms. The number of aromatic nitrogens is 2. The van der Waals surface area contributed by atoms with Crippen molar-refractivity contribution >= 4 is 35.0 Å². The highest BCUT2D eigenvalue weighted by atomic mass is 32.2. The number of anilines is 2. The Labute approximate surface area is 186 Å². The first-order valence-electron chi connectivity index (χ1n) is 10.5. The molecule has 3 aromatic rings. The van der Waals surface area contributed by atoms with Gasteiger partial charge >= 0.3 is 0 Å². The first kappa shape index (κ1) is 21.2. The molecule has 0 fully saturated rings. The molecule has 0 aliphatic carbocycles. The number of hydrogen-bond donors (Lipinski definition) is 2. The smallest absolute Gasteiger partial charge is 0.234 e. The van der Waals surface area contributed by atoms with Gasteiger partial charge in [0.1, 0.15) is 5.82 Å². The third-order valence-electron chi connectivity index (χ3n) is 5.12. The number of carbonyl (C=O) groups excluding carboxylic acids is 2. The quantitative estimate of drug-likeness (QED) is 0.574. The van der Waals surface area contributed by atoms with Gasteiger partial charge in [-0.2, -0.15) is 0 Å². The highest BCUT2D eigenvalue weighted by Gasteiger charge is 2.14. The third-order valence-corrected chi connectivity index (χ3v) is 6.05. The molecule has 1 aliphatic rings. The van der Waals surface area contributed by atoms with Crippen LogP contribution in [0.15, 0.2) is 54.7 Å². The van der Waals surface area contributed by atoms with Crippen LogP contribution in [0, 0.1) is 6.92 Å². The van der Waals surface area contributed by atoms with Crippen LogP contribution in [0.5, 0.6) is 0 Å². The zero-order valence-corrected chi connectivity index (χ0v) is 18.4. The van der Waals surface area contributed by atoms with E-state index in [0.29, 0.717) is 0 Å². The largest absolute Gasteiger partial charge is 0.334 e. The first-order valence-corrected chi connectivity index (χ1v) is 11.6. The number of aryl methyl sites for hydroxylation is 3. The second-order valence-corrected chi connectivity index (χ2v) is 8.72. The van der Waals surface area contributed by atoms with Crippen LogP contribution in [0.25, 0.3) is 11.3 Å². The molecule has 0 saturated heterocycles. The minimum Gasteiger partial charge on any atom is -0.334 e. The lowest BCUT2D eigenvalue weighted by atomic mass is 10.1. The molecule has 160 valence electrons. The van der Waals surface area contributed by atoms with E-state index in [0.717, 1.165) is 47.0 Å². The molecule has 0 atom stereocenters. The molecule has 0 bridgehead atoms. The predicted octanol–water partition coefficient (Wildman–Crippen LogP) is 4.51. The van der Waals surface area contributed by atoms with Crippen molar-refractivity contribution in [3.8, 4) is 11.3 Å². The number of benzene rings is 2. The normalized spacial score (nSPS) is 12.8. The van der Waals surface area contributed by atoms with Crippen molar-refractivity contribution in [2.24, 2.45) is 0 Å². The summed E-state index contributed by atoms with van der Waals surface area (Å²) < 4.78 is 2.22. The molecular formula is C24H26N4O2S. The number of thioether (sulfide) groups is 1. The molecule has 2 aromatic carbocycles. The van der Waals surface area contributed by atoms with E-state index in [4.69, 9.17) is 4.98 Å². The molecule has 0 unspecified atom stereocenters. The molecule has 2 amide bonds. The molecule has 6 nitrogen and oxygen atoms in total. The van der Waals surface area contributed by atoms with Gasteiger partial charge in [0.15, 0.2) is 0 Å². The summed E-state index contributed by atoms with van der Waals surface area (Å²) in [6.07, 6.45) is 5.50. The summed E-state index contributed by atoms with van der Waals surface area (Å²) in [5.41, 5.74) is 4.52. The fourth-order valence-electron chi connectivity index (χ4n) is 3.66. The van der Waals surface area contributed by atoms with Gasteiger partial charge in [0.2, 0.25) is 11.8 Å². The van der Waals surface area contributed by atoms with E-state index < -0.39 is 0 Å². The lowest BCUT2D eigenvalue weighted by Gasteiger charge is -2.11. The molecule has 0 spiro atoms. The number of fused-ring (bicyclic) bond motifs is 1. The first-order chi connectivity index (χ1) is 15.1. The zero-order valence-electron chi connectivity index (χ0n) is 17.6. The van der Waals surface area contributed by atoms with Gasteiger partial charge < -0.3 is 15.2 Å². The van der Waals surface area contributed by atoms with Crippen molar-refractivity contribution in [3.63, 3.8) is 0 Å². The van der Waals surface area contributed by atoms with E-state index in [1.54, 1.807) is 0 Å². The van der Waals surface area contributed by atoms with Crippen molar-refractivity contribution in [2.45, 2.75) is 32.7 Å². The topological polar surface area (TPSA) is 76.0 Å². The highest BCUT2D eigenvalue weighted by Crippen LogP contribution is 2.25. The Morgan fingerprint density at radius 2 is 1.71 bits per heavy atom. The molecule has 7 heteroatoms. The van der Waals surface area contributed by atoms with Crippen LogP contribution < -0.4 is 10.6 Å². The van der Waals surface area contributed by atoms with Gasteiger partial charge in [-0.25, -0.2) is 4.98 Å². The number of amides is 2. The van der Waals surface area contributed by atoms with Crippen molar-refractivity contribution in [1.82, 2.24) is 9.55 Å². The standard InChI is InChI=1S/C24H26N4O2S/c1-17-6-4-8-19(12-17)25-23(29)15-31-16-24(30)26-20-9-5-7-18(13-20)21-14-28-11-3-2-10-22(28)27-21/h4-9,12-14H,2-3,10-11,15-16H2,1H3,(H,25,29)(H,26,30). The fraction of sp³-hybridized carbons (Fsp3) is 0.292. The summed E-state index contributed by atoms with van der Waals surface area (Å²) in [6.45, 7) is 3.00. The van der Waals surface area contributed by atoms with E-state index in [2.05, 4.69) is 21.4 Å². The maximum atomic E-state index is 12.3. The van der Waals surface area contributed by atoms with Crippen molar-refractivity contribution < 1.29 is 9.59 Å². The van der Waals surface area contributed by atoms with Gasteiger partial charge in [0, 0.05) is 36.1 Å². The summed E-state index contributed by atoms with van der Waals surface area (Å²) in [7, 11) is 0. The Morgan fingerprint density at radius 3 is 2.42 bits per heavy atom. The minimum absolute atomic E-state index is 0.117. The fourth-order valence-corrected chi connectivity index (χ4v) is 4.28. The van der Waals surface area contributed by atoms with Crippen molar-refractivity contribution in [1.29, 1.82) is 0 Å². The monoisotopic (exact) mass is 434 g/mol. The van der Waals surface area contributed by atoms with E-state index >= 15 is 0 Å². The molecule has 1 aliphatic heterocycles. The van der Waals surface area contributed by atoms with Crippen LogP contribution in [0.4, 0.5) is 11.4 Å². The summed E-state index contributed by atoms with van der Waals surface area (Å²) in [5.74, 6) is 1.33. The van der Waals surface area contributed by atoms with Crippen LogP contribution >= 0.6 is 11.8 Å². The zero-order chi connectivity index (χ0) is 21.6. The number of carbonyl (C=O) groups is 2. The number of hydrogen-bond acceptors (Lipinski definition) is 4. The second kappa shape index (κ2) is 9.83. The number of nitrogens with one attached hydrogen (secondary N) is 2. The minimum atomic E-state index is -0.130. The van der Waals surface area contributed by atoms with Crippen molar-refractivity contribution in [3.05, 3.63) is 66.1 Å². The van der Waals surface area contributed by atoms with Crippen LogP contribution in [0.2, 0.25) is 0 Å². The van der Waals surface area contributed by atoms with Crippen LogP contribution in [-0.4, -0.2) is 32.9 Å². The molecule has 2 N–H and O–H groups in total. The maximum Gasteiger partial charge on any atom is 0.234 e. The van der Waals surface area contributed by atoms with Gasteiger partial charge in [-0.15, -0.1) is 11.8 Å². The van der Waals surface area contributed by atoms with Crippen LogP contribution in [0.1, 0.15) is 24.2 Å². The van der Waals surface area contributed by atoms with Gasteiger partial charge in [-0.3, -0.25) is 9.59 Å². The number of nitrogens with zero attached hydrogens (tertiary/aromatic N) is 2. The molecule has 0 radical (unpaired) electrons. The lowest BCUT2D eigenvalue weighted by Crippen LogP contribution is -2.18. The summed E-state index contributed by atoms with van der Waals surface area (Å²) >= 11 is 1.29. The summed E-state index contributed by atoms with van der Waals surface area (Å²) in [5, 5.41) is 5.77. The molecule has 4 rings (SSSR count). The maximum absolute atomic E-state index is 12.3. The average Bonchev–Trinajstić information content (AvgIpc) is 3.18. The van der Waals surface area contributed by atoms with Crippen LogP contribution in [-0.2, 0) is 22.6 Å². The Hall–Kier alpha value is -3.06. The summed E-state index contributed by atoms with van der Waals surface area (Å²) in [4.78, 5) is 29.1. The SMILES string of the molecule is Cc1cccc(NC(=O)CSCC(=O)Nc2cccc(-c3cn4c(n3)CCCC4)c2)c1. The van der Waals surface area contributed by atoms with Gasteiger partial charge in [0.25, 0.3) is 0 Å². The van der Waals surface area contributed by atoms with E-state index in [-0.39, 0.29) is 23.3 Å². The number of rotatable bonds is 7. The van der Waals surface area contributed by atoms with E-state index in [1.807, 2.05) is 55.5 Å². The molecular weight excluding hydrogens is 408 g/mol. The second-order valence-electron chi connectivity index (χ2n) is 7.73. The van der Waals surface area contributed by atoms with Crippen LogP contribution in [0.3, 0.4) is 0 Å². The van der Waals surface area contributed by atoms with E-state index in [9.17, 15) is 9.59 Å². The predicted molar refractivity (Wildman–Crippen MR) is 126 cm³/mol. The average molecular weight is 435 g/mol. The molecule has 2 heterocycles. The summed E-state index contributed by atoms with van der Waals surface area (Å²) in [6, 6.07) is 15.4. The highest BCUT2D eigenvalue weighted by molar-refractivity contribution is 8.00. The van der Waals surface area contributed by atoms with Gasteiger partial charge in [0.05, 0.1) is 17.2 Å². The number of imidazole rings is 1. The van der Waals surface area contributed by atoms with Crippen molar-refractivity contribution in [2.75, 3.05) is 22.1 Å². The Kier molecular flexibility index (Phi) is 6.72. The van der Waals surface area contributed by atoms with E-state index in [1.165, 1.54) is 24.6 Å². The Morgan fingerprint density at radius 1 is 1.00 bits per heavy atom. The van der Waals surface area contributed by atoms with Gasteiger partial charge in [-0.05, 0) is 49.6 Å². The molecule has 0 saturated carbocycles. The third kappa shape index (κ3) is 5.76. The van der Waals surface area contributed by atoms with Gasteiger partial charge in [-0.1, -0.05) is 24.3 Å². The Bertz CT molecular complexity index is 1070. The Balaban J connectivity index is 1.27. The molecule has 1 aromatic heterocycles. The lowest BCUT2D eigenvalue weighted by molar-refractivity contribution is -0.114.